The number of anilines is 1. The average Bonchev–Trinajstić information content (AvgIpc) is 2.52. The maximum Gasteiger partial charge on any atom is 0.106 e. The van der Waals surface area contributed by atoms with Gasteiger partial charge < -0.3 is 4.57 Å². The summed E-state index contributed by atoms with van der Waals surface area (Å²) in [4.78, 5) is 4.40. The summed E-state index contributed by atoms with van der Waals surface area (Å²) in [6, 6.07) is 5.64. The van der Waals surface area contributed by atoms with Crippen molar-refractivity contribution < 1.29 is 5.21 Å². The molecule has 0 fully saturated rings. The Kier molecular flexibility index (Phi) is 2.13. The number of aromatic nitrogens is 2. The number of benzene rings is 1. The predicted molar refractivity (Wildman–Crippen MR) is 55.6 cm³/mol. The normalized spacial score (nSPS) is 10.8. The minimum Gasteiger partial charge on any atom is -0.327 e. The second-order valence-electron chi connectivity index (χ2n) is 3.19. The molecule has 0 aliphatic rings. The fourth-order valence-electron chi connectivity index (χ4n) is 1.78. The second-order valence-corrected chi connectivity index (χ2v) is 3.19. The van der Waals surface area contributed by atoms with Gasteiger partial charge in [0.1, 0.15) is 5.82 Å². The molecule has 4 nitrogen and oxygen atoms in total. The molecule has 74 valence electrons. The lowest BCUT2D eigenvalue weighted by Gasteiger charge is -2.05. The molecule has 1 aromatic carbocycles. The number of rotatable bonds is 2. The highest BCUT2D eigenvalue weighted by Gasteiger charge is 2.09. The molecule has 1 aromatic heterocycles. The lowest BCUT2D eigenvalue weighted by Crippen LogP contribution is -1.99. The number of hydrogen-bond acceptors (Lipinski definition) is 3. The summed E-state index contributed by atoms with van der Waals surface area (Å²) in [6.07, 6.45) is 0. The molecule has 2 aromatic rings. The standard InChI is InChI=1S/C10H13N3O/c1-3-13-7(2)11-8-5-4-6-9(12-14)10(8)13/h4-6,12,14H,3H2,1-2H3. The number of imidazole rings is 1. The van der Waals surface area contributed by atoms with Gasteiger partial charge in [0, 0.05) is 6.54 Å². The van der Waals surface area contributed by atoms with Gasteiger partial charge in [-0.25, -0.2) is 4.98 Å². The van der Waals surface area contributed by atoms with Crippen molar-refractivity contribution in [1.29, 1.82) is 0 Å². The first-order valence-corrected chi connectivity index (χ1v) is 4.64. The Hall–Kier alpha value is -1.55. The Morgan fingerprint density at radius 3 is 2.93 bits per heavy atom. The summed E-state index contributed by atoms with van der Waals surface area (Å²) in [7, 11) is 0. The van der Waals surface area contributed by atoms with Gasteiger partial charge in [0.05, 0.1) is 16.7 Å². The molecular weight excluding hydrogens is 178 g/mol. The van der Waals surface area contributed by atoms with Crippen molar-refractivity contribution in [1.82, 2.24) is 9.55 Å². The Bertz CT molecular complexity index is 462. The predicted octanol–water partition coefficient (Wildman–Crippen LogP) is 2.17. The Morgan fingerprint density at radius 2 is 2.29 bits per heavy atom. The van der Waals surface area contributed by atoms with Crippen molar-refractivity contribution in [2.45, 2.75) is 20.4 Å². The van der Waals surface area contributed by atoms with Crippen molar-refractivity contribution in [3.63, 3.8) is 0 Å². The number of hydrogen-bond donors (Lipinski definition) is 2. The zero-order valence-electron chi connectivity index (χ0n) is 8.28. The molecule has 0 bridgehead atoms. The van der Waals surface area contributed by atoms with Crippen molar-refractivity contribution in [2.75, 3.05) is 5.48 Å². The third kappa shape index (κ3) is 1.15. The minimum absolute atomic E-state index is 0.699. The van der Waals surface area contributed by atoms with E-state index in [1.807, 2.05) is 25.1 Å². The monoisotopic (exact) mass is 191 g/mol. The van der Waals surface area contributed by atoms with Gasteiger partial charge in [0.2, 0.25) is 0 Å². The molecule has 0 amide bonds. The molecule has 0 aliphatic heterocycles. The molecule has 1 heterocycles. The van der Waals surface area contributed by atoms with Crippen LogP contribution >= 0.6 is 0 Å². The summed E-state index contributed by atoms with van der Waals surface area (Å²) in [5.74, 6) is 0.963. The van der Waals surface area contributed by atoms with Crippen LogP contribution in [0.5, 0.6) is 0 Å². The Morgan fingerprint density at radius 1 is 1.50 bits per heavy atom. The van der Waals surface area contributed by atoms with Gasteiger partial charge in [-0.15, -0.1) is 0 Å². The summed E-state index contributed by atoms with van der Waals surface area (Å²) < 4.78 is 2.06. The molecule has 0 aliphatic carbocycles. The topological polar surface area (TPSA) is 50.1 Å². The number of nitrogens with one attached hydrogen (secondary N) is 1. The minimum atomic E-state index is 0.699. The Balaban J connectivity index is 2.82. The summed E-state index contributed by atoms with van der Waals surface area (Å²) >= 11 is 0. The van der Waals surface area contributed by atoms with Crippen LogP contribution in [-0.2, 0) is 6.54 Å². The fourth-order valence-corrected chi connectivity index (χ4v) is 1.78. The third-order valence-corrected chi connectivity index (χ3v) is 2.39. The van der Waals surface area contributed by atoms with Crippen LogP contribution in [0.1, 0.15) is 12.7 Å². The van der Waals surface area contributed by atoms with E-state index in [-0.39, 0.29) is 0 Å². The largest absolute Gasteiger partial charge is 0.327 e. The van der Waals surface area contributed by atoms with E-state index in [1.54, 1.807) is 0 Å². The molecule has 2 rings (SSSR count). The van der Waals surface area contributed by atoms with Crippen LogP contribution in [0.3, 0.4) is 0 Å². The maximum absolute atomic E-state index is 8.97. The highest BCUT2D eigenvalue weighted by Crippen LogP contribution is 2.23. The van der Waals surface area contributed by atoms with Gasteiger partial charge in [-0.1, -0.05) is 6.07 Å². The Labute approximate surface area is 82.1 Å². The van der Waals surface area contributed by atoms with E-state index in [4.69, 9.17) is 5.21 Å². The van der Waals surface area contributed by atoms with Crippen molar-refractivity contribution in [2.24, 2.45) is 0 Å². The zero-order valence-corrected chi connectivity index (χ0v) is 8.28. The van der Waals surface area contributed by atoms with E-state index >= 15 is 0 Å². The second kappa shape index (κ2) is 3.31. The molecule has 4 heteroatoms. The van der Waals surface area contributed by atoms with Gasteiger partial charge in [-0.05, 0) is 26.0 Å². The van der Waals surface area contributed by atoms with E-state index < -0.39 is 0 Å². The molecule has 0 atom stereocenters. The molecule has 2 N–H and O–H groups in total. The van der Waals surface area contributed by atoms with Crippen LogP contribution in [0, 0.1) is 6.92 Å². The highest BCUT2D eigenvalue weighted by molar-refractivity contribution is 5.88. The van der Waals surface area contributed by atoms with E-state index in [0.29, 0.717) is 5.69 Å². The quantitative estimate of drug-likeness (QED) is 0.715. The van der Waals surface area contributed by atoms with Crippen LogP contribution < -0.4 is 5.48 Å². The van der Waals surface area contributed by atoms with Gasteiger partial charge in [-0.3, -0.25) is 10.7 Å². The lowest BCUT2D eigenvalue weighted by molar-refractivity contribution is 0.389. The zero-order chi connectivity index (χ0) is 10.1. The van der Waals surface area contributed by atoms with Crippen molar-refractivity contribution >= 4 is 16.7 Å². The molecule has 0 radical (unpaired) electrons. The summed E-state index contributed by atoms with van der Waals surface area (Å²) in [5.41, 5.74) is 4.76. The van der Waals surface area contributed by atoms with E-state index in [9.17, 15) is 0 Å². The number of fused-ring (bicyclic) bond motifs is 1. The highest BCUT2D eigenvalue weighted by atomic mass is 16.5. The van der Waals surface area contributed by atoms with Gasteiger partial charge in [0.15, 0.2) is 0 Å². The molecule has 0 saturated heterocycles. The lowest BCUT2D eigenvalue weighted by atomic mass is 10.2. The first kappa shape index (κ1) is 9.02. The molecular formula is C10H13N3O. The number of para-hydroxylation sites is 1. The van der Waals surface area contributed by atoms with Crippen molar-refractivity contribution in [3.8, 4) is 0 Å². The SMILES string of the molecule is CCn1c(C)nc2cccc(NO)c21. The van der Waals surface area contributed by atoms with Gasteiger partial charge in [0.25, 0.3) is 0 Å². The van der Waals surface area contributed by atoms with Gasteiger partial charge >= 0.3 is 0 Å². The smallest absolute Gasteiger partial charge is 0.106 e. The maximum atomic E-state index is 8.97. The first-order valence-electron chi connectivity index (χ1n) is 4.64. The van der Waals surface area contributed by atoms with Gasteiger partial charge in [-0.2, -0.15) is 0 Å². The molecule has 0 saturated carbocycles. The van der Waals surface area contributed by atoms with Crippen LogP contribution in [0.25, 0.3) is 11.0 Å². The van der Waals surface area contributed by atoms with Crippen LogP contribution in [0.15, 0.2) is 18.2 Å². The summed E-state index contributed by atoms with van der Waals surface area (Å²) in [6.45, 7) is 4.87. The van der Waals surface area contributed by atoms with Crippen molar-refractivity contribution in [3.05, 3.63) is 24.0 Å². The molecule has 14 heavy (non-hydrogen) atoms. The van der Waals surface area contributed by atoms with E-state index in [1.165, 1.54) is 0 Å². The van der Waals surface area contributed by atoms with Crippen LogP contribution in [0.2, 0.25) is 0 Å². The number of nitrogens with zero attached hydrogens (tertiary/aromatic N) is 2. The van der Waals surface area contributed by atoms with Crippen LogP contribution in [-0.4, -0.2) is 14.8 Å². The summed E-state index contributed by atoms with van der Waals surface area (Å²) in [5, 5.41) is 8.97. The van der Waals surface area contributed by atoms with E-state index in [0.717, 1.165) is 23.4 Å². The average molecular weight is 191 g/mol. The fraction of sp³-hybridized carbons (Fsp3) is 0.300. The first-order chi connectivity index (χ1) is 6.77. The van der Waals surface area contributed by atoms with E-state index in [2.05, 4.69) is 22.0 Å². The third-order valence-electron chi connectivity index (χ3n) is 2.39. The number of aryl methyl sites for hydroxylation is 2. The molecule has 0 unspecified atom stereocenters. The molecule has 0 spiro atoms. The van der Waals surface area contributed by atoms with Crippen LogP contribution in [0.4, 0.5) is 5.69 Å².